The van der Waals surface area contributed by atoms with Gasteiger partial charge in [-0.25, -0.2) is 4.39 Å². The van der Waals surface area contributed by atoms with Crippen LogP contribution in [0.5, 0.6) is 0 Å². The van der Waals surface area contributed by atoms with Crippen molar-refractivity contribution in [2.24, 2.45) is 0 Å². The maximum Gasteiger partial charge on any atom is 0.265 e. The minimum atomic E-state index is -0.350. The smallest absolute Gasteiger partial charge is 0.265 e. The zero-order valence-corrected chi connectivity index (χ0v) is 14.3. The van der Waals surface area contributed by atoms with Gasteiger partial charge in [0.25, 0.3) is 5.91 Å². The van der Waals surface area contributed by atoms with Crippen LogP contribution in [-0.2, 0) is 12.0 Å². The zero-order valence-electron chi connectivity index (χ0n) is 11.9. The molecule has 0 atom stereocenters. The van der Waals surface area contributed by atoms with E-state index < -0.39 is 0 Å². The summed E-state index contributed by atoms with van der Waals surface area (Å²) in [5.74, 6) is -0.633. The Morgan fingerprint density at radius 3 is 2.81 bits per heavy atom. The Hall–Kier alpha value is -1.34. The molecule has 1 N–H and O–H groups in total. The van der Waals surface area contributed by atoms with Gasteiger partial charge in [-0.3, -0.25) is 4.79 Å². The largest absolute Gasteiger partial charge is 0.347 e. The van der Waals surface area contributed by atoms with Crippen LogP contribution in [0, 0.1) is 5.82 Å². The van der Waals surface area contributed by atoms with E-state index in [4.69, 9.17) is 0 Å². The molecule has 112 valence electrons. The average molecular weight is 372 g/mol. The van der Waals surface area contributed by atoms with E-state index in [9.17, 15) is 9.18 Å². The molecule has 1 aromatic heterocycles. The lowest BCUT2D eigenvalue weighted by molar-refractivity contribution is 0.0952. The highest BCUT2D eigenvalue weighted by atomic mass is 79.9. The summed E-state index contributed by atoms with van der Waals surface area (Å²) < 4.78 is 18.2. The topological polar surface area (TPSA) is 54.9 Å². The first-order valence-corrected chi connectivity index (χ1v) is 7.90. The molecule has 1 heterocycles. The average Bonchev–Trinajstić information content (AvgIpc) is 2.88. The zero-order chi connectivity index (χ0) is 15.6. The first-order valence-electron chi connectivity index (χ1n) is 6.34. The molecule has 1 aromatic carbocycles. The van der Waals surface area contributed by atoms with Crippen LogP contribution in [0.1, 0.15) is 41.7 Å². The number of benzene rings is 1. The molecule has 1 amide bonds. The van der Waals surface area contributed by atoms with Crippen LogP contribution in [0.4, 0.5) is 4.39 Å². The Labute approximate surface area is 135 Å². The lowest BCUT2D eigenvalue weighted by atomic mass is 9.91. The fraction of sp³-hybridized carbons (Fsp3) is 0.357. The van der Waals surface area contributed by atoms with Gasteiger partial charge in [-0.15, -0.1) is 5.10 Å². The van der Waals surface area contributed by atoms with E-state index in [2.05, 4.69) is 30.8 Å². The number of nitrogens with zero attached hydrogens (tertiary/aromatic N) is 2. The van der Waals surface area contributed by atoms with Crippen LogP contribution in [0.25, 0.3) is 0 Å². The fourth-order valence-electron chi connectivity index (χ4n) is 1.76. The van der Waals surface area contributed by atoms with E-state index in [0.29, 0.717) is 16.1 Å². The lowest BCUT2D eigenvalue weighted by Crippen LogP contribution is -2.26. The van der Waals surface area contributed by atoms with Crippen molar-refractivity contribution in [2.75, 3.05) is 0 Å². The maximum absolute atomic E-state index is 13.6. The molecule has 0 aliphatic carbocycles. The molecule has 0 bridgehead atoms. The molecule has 0 saturated carbocycles. The van der Waals surface area contributed by atoms with Crippen LogP contribution in [0.15, 0.2) is 22.7 Å². The van der Waals surface area contributed by atoms with Gasteiger partial charge in [0.05, 0.1) is 5.69 Å². The van der Waals surface area contributed by atoms with Crippen molar-refractivity contribution < 1.29 is 9.18 Å². The van der Waals surface area contributed by atoms with Crippen molar-refractivity contribution in [3.05, 3.63) is 44.6 Å². The van der Waals surface area contributed by atoms with E-state index in [1.807, 2.05) is 20.8 Å². The second-order valence-corrected chi connectivity index (χ2v) is 7.29. The van der Waals surface area contributed by atoms with Gasteiger partial charge >= 0.3 is 0 Å². The molecule has 7 heteroatoms. The first kappa shape index (κ1) is 16.0. The van der Waals surface area contributed by atoms with E-state index in [1.54, 1.807) is 12.1 Å². The second kappa shape index (κ2) is 6.19. The van der Waals surface area contributed by atoms with E-state index >= 15 is 0 Å². The van der Waals surface area contributed by atoms with Gasteiger partial charge in [-0.1, -0.05) is 41.2 Å². The summed E-state index contributed by atoms with van der Waals surface area (Å²) in [7, 11) is 0. The van der Waals surface area contributed by atoms with Crippen LogP contribution >= 0.6 is 27.5 Å². The highest BCUT2D eigenvalue weighted by Crippen LogP contribution is 2.25. The summed E-state index contributed by atoms with van der Waals surface area (Å²) >= 11 is 4.33. The second-order valence-electron chi connectivity index (χ2n) is 5.62. The summed E-state index contributed by atoms with van der Waals surface area (Å²) in [5, 5.41) is 6.73. The van der Waals surface area contributed by atoms with Gasteiger partial charge in [0.2, 0.25) is 0 Å². The van der Waals surface area contributed by atoms with Crippen molar-refractivity contribution in [1.82, 2.24) is 14.9 Å². The Balaban J connectivity index is 2.13. The fourth-order valence-corrected chi connectivity index (χ4v) is 2.97. The van der Waals surface area contributed by atoms with Crippen LogP contribution in [0.3, 0.4) is 0 Å². The Morgan fingerprint density at radius 2 is 2.14 bits per heavy atom. The van der Waals surface area contributed by atoms with Crippen LogP contribution in [0.2, 0.25) is 0 Å². The molecule has 0 fully saturated rings. The van der Waals surface area contributed by atoms with Crippen molar-refractivity contribution in [1.29, 1.82) is 0 Å². The molecule has 0 aliphatic rings. The third-order valence-corrected chi connectivity index (χ3v) is 4.07. The molecular weight excluding hydrogens is 357 g/mol. The van der Waals surface area contributed by atoms with Crippen molar-refractivity contribution in [2.45, 2.75) is 32.7 Å². The monoisotopic (exact) mass is 371 g/mol. The number of amides is 1. The third kappa shape index (κ3) is 3.85. The molecule has 0 aliphatic heterocycles. The van der Waals surface area contributed by atoms with Crippen molar-refractivity contribution in [3.63, 3.8) is 0 Å². The Kier molecular flexibility index (Phi) is 4.73. The van der Waals surface area contributed by atoms with Gasteiger partial charge in [0.15, 0.2) is 0 Å². The summed E-state index contributed by atoms with van der Waals surface area (Å²) in [6.07, 6.45) is 0. The highest BCUT2D eigenvalue weighted by Gasteiger charge is 2.26. The first-order chi connectivity index (χ1) is 9.79. The minimum absolute atomic E-state index is 0.117. The summed E-state index contributed by atoms with van der Waals surface area (Å²) in [5.41, 5.74) is 0.813. The predicted molar refractivity (Wildman–Crippen MR) is 83.9 cm³/mol. The molecule has 0 unspecified atom stereocenters. The quantitative estimate of drug-likeness (QED) is 0.895. The molecular formula is C14H15BrFN3OS. The van der Waals surface area contributed by atoms with Gasteiger partial charge < -0.3 is 5.32 Å². The lowest BCUT2D eigenvalue weighted by Gasteiger charge is -2.16. The minimum Gasteiger partial charge on any atom is -0.347 e. The summed E-state index contributed by atoms with van der Waals surface area (Å²) in [4.78, 5) is 12.7. The summed E-state index contributed by atoms with van der Waals surface area (Å²) in [6, 6.07) is 4.62. The van der Waals surface area contributed by atoms with Crippen molar-refractivity contribution in [3.8, 4) is 0 Å². The van der Waals surface area contributed by atoms with Crippen LogP contribution < -0.4 is 5.32 Å². The highest BCUT2D eigenvalue weighted by molar-refractivity contribution is 9.10. The van der Waals surface area contributed by atoms with Gasteiger partial charge in [0, 0.05) is 22.0 Å². The van der Waals surface area contributed by atoms with Crippen LogP contribution in [-0.4, -0.2) is 15.5 Å². The number of nitrogens with one attached hydrogen (secondary N) is 1. The number of carbonyl (C=O) groups excluding carboxylic acids is 1. The number of halogens is 2. The number of carbonyl (C=O) groups is 1. The van der Waals surface area contributed by atoms with E-state index in [-0.39, 0.29) is 23.7 Å². The number of aromatic nitrogens is 2. The van der Waals surface area contributed by atoms with Crippen molar-refractivity contribution >= 4 is 33.4 Å². The van der Waals surface area contributed by atoms with Gasteiger partial charge in [-0.2, -0.15) is 0 Å². The standard InChI is InChI=1S/C14H15BrFN3OS/c1-14(2,3)12-11(21-19-18-12)13(20)17-7-8-6-9(15)4-5-10(8)16/h4-6H,7H2,1-3H3,(H,17,20). The van der Waals surface area contributed by atoms with E-state index in [1.165, 1.54) is 6.07 Å². The van der Waals surface area contributed by atoms with Gasteiger partial charge in [0.1, 0.15) is 10.7 Å². The summed E-state index contributed by atoms with van der Waals surface area (Å²) in [6.45, 7) is 6.02. The molecule has 0 saturated heterocycles. The molecule has 0 spiro atoms. The third-order valence-electron chi connectivity index (χ3n) is 2.85. The number of rotatable bonds is 3. The Bertz CT molecular complexity index is 666. The van der Waals surface area contributed by atoms with Gasteiger partial charge in [-0.05, 0) is 29.7 Å². The predicted octanol–water partition coefficient (Wildman–Crippen LogP) is 3.67. The normalized spacial score (nSPS) is 11.5. The number of hydrogen-bond acceptors (Lipinski definition) is 4. The Morgan fingerprint density at radius 1 is 1.43 bits per heavy atom. The SMILES string of the molecule is CC(C)(C)c1nnsc1C(=O)NCc1cc(Br)ccc1F. The van der Waals surface area contributed by atoms with E-state index in [0.717, 1.165) is 16.0 Å². The maximum atomic E-state index is 13.6. The molecule has 21 heavy (non-hydrogen) atoms. The molecule has 4 nitrogen and oxygen atoms in total. The molecule has 2 rings (SSSR count). The number of hydrogen-bond donors (Lipinski definition) is 1. The molecule has 2 aromatic rings. The molecule has 0 radical (unpaired) electrons.